The molecule has 0 aromatic heterocycles. The smallest absolute Gasteiger partial charge is 0.338 e. The molecule has 0 unspecified atom stereocenters. The normalized spacial score (nSPS) is 11.8. The number of amides is 1. The lowest BCUT2D eigenvalue weighted by molar-refractivity contribution is 0.0431. The molecule has 126 valence electrons. The topological polar surface area (TPSA) is 55.4 Å². The summed E-state index contributed by atoms with van der Waals surface area (Å²) < 4.78 is 5.33. The Labute approximate surface area is 146 Å². The van der Waals surface area contributed by atoms with Crippen LogP contribution < -0.4 is 5.32 Å². The number of hydrogen-bond acceptors (Lipinski definition) is 3. The Bertz CT molecular complexity index is 701. The van der Waals surface area contributed by atoms with Gasteiger partial charge in [-0.05, 0) is 30.2 Å². The number of carbonyl (C=O) groups is 2. The highest BCUT2D eigenvalue weighted by Crippen LogP contribution is 2.15. The number of benzene rings is 2. The fourth-order valence-electron chi connectivity index (χ4n) is 2.12. The molecule has 0 heterocycles. The number of halogens is 1. The van der Waals surface area contributed by atoms with E-state index < -0.39 is 5.97 Å². The van der Waals surface area contributed by atoms with E-state index in [1.54, 1.807) is 48.5 Å². The van der Waals surface area contributed by atoms with Crippen molar-refractivity contribution >= 4 is 23.5 Å². The molecule has 0 fully saturated rings. The number of rotatable bonds is 6. The standard InChI is InChI=1S/C19H20ClNO3/c1-13(2)17(12-24-19(23)14-8-4-3-5-9-14)21-18(22)15-10-6-7-11-16(15)20/h3-11,13,17H,12H2,1-2H3,(H,21,22)/t17-/m1/s1. The molecule has 5 heteroatoms. The molecular weight excluding hydrogens is 326 g/mol. The van der Waals surface area contributed by atoms with Gasteiger partial charge in [0, 0.05) is 0 Å². The molecule has 0 radical (unpaired) electrons. The molecule has 0 spiro atoms. The van der Waals surface area contributed by atoms with E-state index in [1.165, 1.54) is 0 Å². The van der Waals surface area contributed by atoms with Crippen LogP contribution in [-0.2, 0) is 4.74 Å². The van der Waals surface area contributed by atoms with Crippen LogP contribution in [0.1, 0.15) is 34.6 Å². The number of hydrogen-bond donors (Lipinski definition) is 1. The van der Waals surface area contributed by atoms with Gasteiger partial charge in [-0.15, -0.1) is 0 Å². The third-order valence-electron chi connectivity index (χ3n) is 3.64. The minimum atomic E-state index is -0.409. The van der Waals surface area contributed by atoms with E-state index in [0.717, 1.165) is 0 Å². The molecule has 2 aromatic carbocycles. The van der Waals surface area contributed by atoms with Crippen molar-refractivity contribution in [2.24, 2.45) is 5.92 Å². The van der Waals surface area contributed by atoms with Crippen LogP contribution in [0.4, 0.5) is 0 Å². The SMILES string of the molecule is CC(C)[C@@H](COC(=O)c1ccccc1)NC(=O)c1ccccc1Cl. The summed E-state index contributed by atoms with van der Waals surface area (Å²) in [6.07, 6.45) is 0. The molecule has 0 saturated heterocycles. The molecule has 24 heavy (non-hydrogen) atoms. The maximum Gasteiger partial charge on any atom is 0.338 e. The van der Waals surface area contributed by atoms with Crippen LogP contribution in [-0.4, -0.2) is 24.5 Å². The van der Waals surface area contributed by atoms with Crippen LogP contribution in [0, 0.1) is 5.92 Å². The molecule has 0 saturated carbocycles. The number of carbonyl (C=O) groups excluding carboxylic acids is 2. The summed E-state index contributed by atoms with van der Waals surface area (Å²) in [5.41, 5.74) is 0.886. The van der Waals surface area contributed by atoms with Crippen LogP contribution in [0.15, 0.2) is 54.6 Å². The van der Waals surface area contributed by atoms with Crippen LogP contribution in [0.3, 0.4) is 0 Å². The molecule has 4 nitrogen and oxygen atoms in total. The summed E-state index contributed by atoms with van der Waals surface area (Å²) in [5.74, 6) is -0.594. The van der Waals surface area contributed by atoms with Crippen molar-refractivity contribution < 1.29 is 14.3 Å². The highest BCUT2D eigenvalue weighted by molar-refractivity contribution is 6.33. The van der Waals surface area contributed by atoms with Crippen molar-refractivity contribution in [3.63, 3.8) is 0 Å². The first kappa shape index (κ1) is 18.0. The van der Waals surface area contributed by atoms with Gasteiger partial charge in [0.05, 0.1) is 22.2 Å². The average Bonchev–Trinajstić information content (AvgIpc) is 2.59. The lowest BCUT2D eigenvalue weighted by Crippen LogP contribution is -2.42. The van der Waals surface area contributed by atoms with Gasteiger partial charge in [-0.3, -0.25) is 4.79 Å². The maximum absolute atomic E-state index is 12.4. The van der Waals surface area contributed by atoms with Gasteiger partial charge in [0.2, 0.25) is 0 Å². The first-order chi connectivity index (χ1) is 11.5. The van der Waals surface area contributed by atoms with Crippen LogP contribution in [0.2, 0.25) is 5.02 Å². The molecular formula is C19H20ClNO3. The Morgan fingerprint density at radius 3 is 2.29 bits per heavy atom. The second-order valence-electron chi connectivity index (χ2n) is 5.77. The summed E-state index contributed by atoms with van der Waals surface area (Å²) in [7, 11) is 0. The van der Waals surface area contributed by atoms with Crippen molar-refractivity contribution in [2.75, 3.05) is 6.61 Å². The molecule has 1 amide bonds. The Kier molecular flexibility index (Phi) is 6.38. The van der Waals surface area contributed by atoms with Gasteiger partial charge in [-0.2, -0.15) is 0 Å². The Hall–Kier alpha value is -2.33. The largest absolute Gasteiger partial charge is 0.460 e. The minimum absolute atomic E-state index is 0.0972. The summed E-state index contributed by atoms with van der Waals surface area (Å²) in [5, 5.41) is 3.27. The summed E-state index contributed by atoms with van der Waals surface area (Å²) >= 11 is 6.04. The Morgan fingerprint density at radius 2 is 1.67 bits per heavy atom. The van der Waals surface area contributed by atoms with E-state index in [-0.39, 0.29) is 24.5 Å². The maximum atomic E-state index is 12.4. The first-order valence-electron chi connectivity index (χ1n) is 7.76. The first-order valence-corrected chi connectivity index (χ1v) is 8.14. The van der Waals surface area contributed by atoms with E-state index in [0.29, 0.717) is 16.1 Å². The van der Waals surface area contributed by atoms with Crippen molar-refractivity contribution in [2.45, 2.75) is 19.9 Å². The van der Waals surface area contributed by atoms with Crippen molar-refractivity contribution in [1.29, 1.82) is 0 Å². The number of ether oxygens (including phenoxy) is 1. The molecule has 0 aliphatic heterocycles. The van der Waals surface area contributed by atoms with Crippen LogP contribution >= 0.6 is 11.6 Å². The number of esters is 1. The molecule has 1 N–H and O–H groups in total. The predicted octanol–water partition coefficient (Wildman–Crippen LogP) is 3.95. The second-order valence-corrected chi connectivity index (χ2v) is 6.18. The zero-order valence-electron chi connectivity index (χ0n) is 13.7. The number of nitrogens with one attached hydrogen (secondary N) is 1. The summed E-state index contributed by atoms with van der Waals surface area (Å²) in [4.78, 5) is 24.4. The lowest BCUT2D eigenvalue weighted by Gasteiger charge is -2.22. The van der Waals surface area contributed by atoms with E-state index in [2.05, 4.69) is 5.32 Å². The quantitative estimate of drug-likeness (QED) is 0.806. The molecule has 0 aliphatic rings. The summed E-state index contributed by atoms with van der Waals surface area (Å²) in [6, 6.07) is 15.3. The van der Waals surface area contributed by atoms with Crippen LogP contribution in [0.25, 0.3) is 0 Å². The fraction of sp³-hybridized carbons (Fsp3) is 0.263. The van der Waals surface area contributed by atoms with E-state index in [1.807, 2.05) is 19.9 Å². The predicted molar refractivity (Wildman–Crippen MR) is 94.3 cm³/mol. The fourth-order valence-corrected chi connectivity index (χ4v) is 2.34. The molecule has 0 aliphatic carbocycles. The zero-order chi connectivity index (χ0) is 17.5. The van der Waals surface area contributed by atoms with Gasteiger partial charge >= 0.3 is 5.97 Å². The second kappa shape index (κ2) is 8.50. The van der Waals surface area contributed by atoms with Gasteiger partial charge in [-0.1, -0.05) is 55.8 Å². The third kappa shape index (κ3) is 4.83. The van der Waals surface area contributed by atoms with E-state index in [4.69, 9.17) is 16.3 Å². The Balaban J connectivity index is 1.98. The monoisotopic (exact) mass is 345 g/mol. The highest BCUT2D eigenvalue weighted by atomic mass is 35.5. The zero-order valence-corrected chi connectivity index (χ0v) is 14.4. The van der Waals surface area contributed by atoms with Gasteiger partial charge in [-0.25, -0.2) is 4.79 Å². The lowest BCUT2D eigenvalue weighted by atomic mass is 10.0. The van der Waals surface area contributed by atoms with Crippen molar-refractivity contribution in [3.8, 4) is 0 Å². The van der Waals surface area contributed by atoms with Crippen LogP contribution in [0.5, 0.6) is 0 Å². The van der Waals surface area contributed by atoms with Gasteiger partial charge in [0.1, 0.15) is 6.61 Å². The van der Waals surface area contributed by atoms with Gasteiger partial charge in [0.25, 0.3) is 5.91 Å². The Morgan fingerprint density at radius 1 is 1.04 bits per heavy atom. The average molecular weight is 346 g/mol. The summed E-state index contributed by atoms with van der Waals surface area (Å²) in [6.45, 7) is 4.00. The molecule has 0 bridgehead atoms. The molecule has 2 aromatic rings. The van der Waals surface area contributed by atoms with E-state index in [9.17, 15) is 9.59 Å². The minimum Gasteiger partial charge on any atom is -0.460 e. The third-order valence-corrected chi connectivity index (χ3v) is 3.97. The van der Waals surface area contributed by atoms with Crippen molar-refractivity contribution in [1.82, 2.24) is 5.32 Å². The van der Waals surface area contributed by atoms with E-state index >= 15 is 0 Å². The molecule has 2 rings (SSSR count). The molecule has 1 atom stereocenters. The highest BCUT2D eigenvalue weighted by Gasteiger charge is 2.20. The van der Waals surface area contributed by atoms with Gasteiger partial charge in [0.15, 0.2) is 0 Å². The van der Waals surface area contributed by atoms with Gasteiger partial charge < -0.3 is 10.1 Å². The van der Waals surface area contributed by atoms with Crippen molar-refractivity contribution in [3.05, 3.63) is 70.7 Å².